The largest absolute Gasteiger partial charge is 0.486 e. The summed E-state index contributed by atoms with van der Waals surface area (Å²) in [6.07, 6.45) is 2.24. The minimum atomic E-state index is 0.667. The van der Waals surface area contributed by atoms with Crippen LogP contribution in [0, 0.1) is 0 Å². The van der Waals surface area contributed by atoms with Crippen LogP contribution in [0.15, 0.2) is 18.2 Å². The molecule has 15 heavy (non-hydrogen) atoms. The van der Waals surface area contributed by atoms with Crippen LogP contribution in [0.3, 0.4) is 0 Å². The molecule has 1 aromatic carbocycles. The highest BCUT2D eigenvalue weighted by atomic mass is 16.6. The van der Waals surface area contributed by atoms with Gasteiger partial charge in [0.25, 0.3) is 0 Å². The molecule has 0 fully saturated rings. The molecule has 0 saturated carbocycles. The zero-order valence-electron chi connectivity index (χ0n) is 9.88. The van der Waals surface area contributed by atoms with Crippen LogP contribution in [0.1, 0.15) is 32.8 Å². The van der Waals surface area contributed by atoms with Crippen LogP contribution in [0.4, 0.5) is 0 Å². The number of fused-ring (bicyclic) bond motifs is 1. The van der Waals surface area contributed by atoms with Crippen molar-refractivity contribution in [2.24, 2.45) is 0 Å². The lowest BCUT2D eigenvalue weighted by atomic mass is 10.1. The SMILES string of the molecule is CCC.CCc1cccc2c1OCCO2. The smallest absolute Gasteiger partial charge is 0.164 e. The summed E-state index contributed by atoms with van der Waals surface area (Å²) in [5, 5.41) is 0. The van der Waals surface area contributed by atoms with Gasteiger partial charge in [0.2, 0.25) is 0 Å². The normalized spacial score (nSPS) is 12.7. The third kappa shape index (κ3) is 3.15. The third-order valence-corrected chi connectivity index (χ3v) is 2.03. The van der Waals surface area contributed by atoms with Gasteiger partial charge in [0, 0.05) is 0 Å². The van der Waals surface area contributed by atoms with Crippen molar-refractivity contribution in [3.05, 3.63) is 23.8 Å². The van der Waals surface area contributed by atoms with Crippen LogP contribution in [0.5, 0.6) is 11.5 Å². The predicted octanol–water partition coefficient (Wildman–Crippen LogP) is 3.44. The van der Waals surface area contributed by atoms with Crippen LogP contribution in [0.25, 0.3) is 0 Å². The number of benzene rings is 1. The fourth-order valence-electron chi connectivity index (χ4n) is 1.41. The predicted molar refractivity (Wildman–Crippen MR) is 62.8 cm³/mol. The van der Waals surface area contributed by atoms with Crippen molar-refractivity contribution < 1.29 is 9.47 Å². The minimum Gasteiger partial charge on any atom is -0.486 e. The van der Waals surface area contributed by atoms with E-state index in [9.17, 15) is 0 Å². The fourth-order valence-corrected chi connectivity index (χ4v) is 1.41. The van der Waals surface area contributed by atoms with Crippen molar-refractivity contribution in [2.75, 3.05) is 13.2 Å². The Morgan fingerprint density at radius 3 is 2.40 bits per heavy atom. The Bertz CT molecular complexity index is 280. The molecule has 2 nitrogen and oxygen atoms in total. The molecule has 0 saturated heterocycles. The third-order valence-electron chi connectivity index (χ3n) is 2.03. The molecule has 0 atom stereocenters. The maximum atomic E-state index is 5.52. The highest BCUT2D eigenvalue weighted by Gasteiger charge is 2.13. The van der Waals surface area contributed by atoms with Gasteiger partial charge in [0.05, 0.1) is 0 Å². The second kappa shape index (κ2) is 6.33. The Hall–Kier alpha value is -1.18. The number of rotatable bonds is 1. The first-order valence-electron chi connectivity index (χ1n) is 5.70. The van der Waals surface area contributed by atoms with Crippen molar-refractivity contribution in [3.8, 4) is 11.5 Å². The number of ether oxygens (including phenoxy) is 2. The van der Waals surface area contributed by atoms with Gasteiger partial charge < -0.3 is 9.47 Å². The van der Waals surface area contributed by atoms with Gasteiger partial charge in [-0.1, -0.05) is 39.3 Å². The Balaban J connectivity index is 0.000000337. The van der Waals surface area contributed by atoms with E-state index in [1.807, 2.05) is 12.1 Å². The van der Waals surface area contributed by atoms with E-state index in [0.717, 1.165) is 17.9 Å². The lowest BCUT2D eigenvalue weighted by Gasteiger charge is -2.20. The van der Waals surface area contributed by atoms with Crippen LogP contribution < -0.4 is 9.47 Å². The van der Waals surface area contributed by atoms with Gasteiger partial charge in [-0.3, -0.25) is 0 Å². The molecule has 0 radical (unpaired) electrons. The Morgan fingerprint density at radius 2 is 1.73 bits per heavy atom. The topological polar surface area (TPSA) is 18.5 Å². The first kappa shape index (κ1) is 11.9. The van der Waals surface area contributed by atoms with Crippen molar-refractivity contribution in [1.29, 1.82) is 0 Å². The first-order chi connectivity index (χ1) is 7.33. The van der Waals surface area contributed by atoms with Crippen LogP contribution >= 0.6 is 0 Å². The first-order valence-corrected chi connectivity index (χ1v) is 5.70. The summed E-state index contributed by atoms with van der Waals surface area (Å²) < 4.78 is 11.0. The molecule has 0 N–H and O–H groups in total. The molecular formula is C13H20O2. The van der Waals surface area contributed by atoms with E-state index in [1.165, 1.54) is 12.0 Å². The molecule has 0 unspecified atom stereocenters. The van der Waals surface area contributed by atoms with Crippen molar-refractivity contribution in [1.82, 2.24) is 0 Å². The molecule has 1 aromatic rings. The van der Waals surface area contributed by atoms with Crippen molar-refractivity contribution in [3.63, 3.8) is 0 Å². The van der Waals surface area contributed by atoms with Gasteiger partial charge in [-0.05, 0) is 18.1 Å². The Labute approximate surface area is 92.2 Å². The van der Waals surface area contributed by atoms with Crippen LogP contribution in [0.2, 0.25) is 0 Å². The summed E-state index contributed by atoms with van der Waals surface area (Å²) in [4.78, 5) is 0. The fraction of sp³-hybridized carbons (Fsp3) is 0.538. The standard InChI is InChI=1S/C10H12O2.C3H8/c1-2-8-4-3-5-9-10(8)12-7-6-11-9;1-3-2/h3-5H,2,6-7H2,1H3;3H2,1-2H3. The molecule has 2 heteroatoms. The van der Waals surface area contributed by atoms with Gasteiger partial charge >= 0.3 is 0 Å². The lowest BCUT2D eigenvalue weighted by molar-refractivity contribution is 0.170. The number of aryl methyl sites for hydroxylation is 1. The molecule has 1 aliphatic heterocycles. The second-order valence-corrected chi connectivity index (χ2v) is 3.50. The summed E-state index contributed by atoms with van der Waals surface area (Å²) in [6, 6.07) is 6.04. The van der Waals surface area contributed by atoms with E-state index in [4.69, 9.17) is 9.47 Å². The van der Waals surface area contributed by atoms with Crippen molar-refractivity contribution >= 4 is 0 Å². The zero-order chi connectivity index (χ0) is 11.1. The Kier molecular flexibility index (Phi) is 5.02. The maximum absolute atomic E-state index is 5.52. The quantitative estimate of drug-likeness (QED) is 0.704. The molecule has 2 rings (SSSR count). The molecule has 0 aliphatic carbocycles. The molecule has 0 amide bonds. The molecular weight excluding hydrogens is 188 g/mol. The van der Waals surface area contributed by atoms with Crippen LogP contribution in [-0.2, 0) is 6.42 Å². The molecule has 84 valence electrons. The molecule has 0 bridgehead atoms. The zero-order valence-corrected chi connectivity index (χ0v) is 9.88. The van der Waals surface area contributed by atoms with Gasteiger partial charge in [-0.25, -0.2) is 0 Å². The molecule has 0 aromatic heterocycles. The van der Waals surface area contributed by atoms with E-state index in [1.54, 1.807) is 0 Å². The molecule has 1 heterocycles. The van der Waals surface area contributed by atoms with Gasteiger partial charge in [0.15, 0.2) is 11.5 Å². The van der Waals surface area contributed by atoms with Crippen molar-refractivity contribution in [2.45, 2.75) is 33.6 Å². The Morgan fingerprint density at radius 1 is 1.07 bits per heavy atom. The minimum absolute atomic E-state index is 0.667. The van der Waals surface area contributed by atoms with E-state index in [2.05, 4.69) is 26.8 Å². The average Bonchev–Trinajstić information content (AvgIpc) is 2.29. The van der Waals surface area contributed by atoms with Gasteiger partial charge in [-0.2, -0.15) is 0 Å². The van der Waals surface area contributed by atoms with E-state index in [-0.39, 0.29) is 0 Å². The van der Waals surface area contributed by atoms with E-state index < -0.39 is 0 Å². The maximum Gasteiger partial charge on any atom is 0.164 e. The number of hydrogen-bond donors (Lipinski definition) is 0. The second-order valence-electron chi connectivity index (χ2n) is 3.50. The number of para-hydroxylation sites is 1. The average molecular weight is 208 g/mol. The van der Waals surface area contributed by atoms with E-state index >= 15 is 0 Å². The van der Waals surface area contributed by atoms with Gasteiger partial charge in [0.1, 0.15) is 13.2 Å². The van der Waals surface area contributed by atoms with E-state index in [0.29, 0.717) is 13.2 Å². The summed E-state index contributed by atoms with van der Waals surface area (Å²) >= 11 is 0. The highest BCUT2D eigenvalue weighted by molar-refractivity contribution is 5.47. The monoisotopic (exact) mass is 208 g/mol. The highest BCUT2D eigenvalue weighted by Crippen LogP contribution is 2.33. The van der Waals surface area contributed by atoms with Crippen LogP contribution in [-0.4, -0.2) is 13.2 Å². The lowest BCUT2D eigenvalue weighted by Crippen LogP contribution is -2.16. The molecule has 1 aliphatic rings. The van der Waals surface area contributed by atoms with Gasteiger partial charge in [-0.15, -0.1) is 0 Å². The number of hydrogen-bond acceptors (Lipinski definition) is 2. The molecule has 0 spiro atoms. The summed E-state index contributed by atoms with van der Waals surface area (Å²) in [5.41, 5.74) is 1.23. The summed E-state index contributed by atoms with van der Waals surface area (Å²) in [5.74, 6) is 1.83. The summed E-state index contributed by atoms with van der Waals surface area (Å²) in [6.45, 7) is 7.71. The summed E-state index contributed by atoms with van der Waals surface area (Å²) in [7, 11) is 0.